The quantitative estimate of drug-likeness (QED) is 0.528. The van der Waals surface area contributed by atoms with Gasteiger partial charge in [-0.3, -0.25) is 8.72 Å². The molecule has 16 heavy (non-hydrogen) atoms. The Balaban J connectivity index is 1.96. The van der Waals surface area contributed by atoms with Crippen LogP contribution in [0.5, 0.6) is 0 Å². The molecular formula is C13H14BrNO. The number of fused-ring (bicyclic) bond motifs is 1. The molecule has 0 aromatic heterocycles. The topological polar surface area (TPSA) is 20.3 Å². The van der Waals surface area contributed by atoms with Gasteiger partial charge < -0.3 is 0 Å². The van der Waals surface area contributed by atoms with Gasteiger partial charge in [0.1, 0.15) is 0 Å². The van der Waals surface area contributed by atoms with Crippen molar-refractivity contribution in [1.29, 1.82) is 0 Å². The third-order valence-electron chi connectivity index (χ3n) is 4.20. The zero-order valence-corrected chi connectivity index (χ0v) is 10.8. The normalized spacial score (nSPS) is 32.5. The lowest BCUT2D eigenvalue weighted by Gasteiger charge is -2.55. The Hall–Kier alpha value is -0.830. The molecule has 1 aromatic rings. The van der Waals surface area contributed by atoms with Crippen LogP contribution in [0.1, 0.15) is 24.5 Å². The minimum absolute atomic E-state index is 0.0332. The molecule has 3 rings (SSSR count). The van der Waals surface area contributed by atoms with E-state index in [0.717, 1.165) is 19.3 Å². The van der Waals surface area contributed by atoms with Gasteiger partial charge in [-0.2, -0.15) is 0 Å². The second kappa shape index (κ2) is 3.33. The van der Waals surface area contributed by atoms with Crippen LogP contribution in [0.25, 0.3) is 0 Å². The first-order valence-corrected chi connectivity index (χ1v) is 6.43. The molecule has 1 fully saturated rings. The van der Waals surface area contributed by atoms with Crippen LogP contribution in [0.15, 0.2) is 24.3 Å². The first-order valence-electron chi connectivity index (χ1n) is 5.72. The molecule has 2 nitrogen and oxygen atoms in total. The highest BCUT2D eigenvalue weighted by atomic mass is 79.9. The summed E-state index contributed by atoms with van der Waals surface area (Å²) in [5, 5.41) is 0. The molecule has 2 unspecified atom stereocenters. The van der Waals surface area contributed by atoms with Crippen LogP contribution in [0.4, 0.5) is 0 Å². The van der Waals surface area contributed by atoms with Gasteiger partial charge in [-0.1, -0.05) is 31.2 Å². The van der Waals surface area contributed by atoms with Crippen molar-refractivity contribution in [2.75, 3.05) is 0 Å². The zero-order chi connectivity index (χ0) is 11.3. The Kier molecular flexibility index (Phi) is 2.15. The van der Waals surface area contributed by atoms with Gasteiger partial charge in [0.15, 0.2) is 0 Å². The lowest BCUT2D eigenvalue weighted by molar-refractivity contribution is -0.154. The maximum absolute atomic E-state index is 11.6. The molecule has 1 amide bonds. The third-order valence-corrected chi connectivity index (χ3v) is 5.26. The molecule has 84 valence electrons. The largest absolute Gasteiger partial charge is 0.274 e. The number of nitrogens with zero attached hydrogens (tertiary/aromatic N) is 1. The number of amides is 1. The van der Waals surface area contributed by atoms with E-state index in [9.17, 15) is 4.79 Å². The smallest absolute Gasteiger partial charge is 0.238 e. The molecule has 1 saturated heterocycles. The Bertz CT molecular complexity index is 445. The van der Waals surface area contributed by atoms with Crippen molar-refractivity contribution in [1.82, 2.24) is 3.93 Å². The highest BCUT2D eigenvalue weighted by molar-refractivity contribution is 9.07. The highest BCUT2D eigenvalue weighted by Crippen LogP contribution is 2.48. The summed E-state index contributed by atoms with van der Waals surface area (Å²) in [6, 6.07) is 8.57. The van der Waals surface area contributed by atoms with E-state index in [1.807, 2.05) is 6.92 Å². The van der Waals surface area contributed by atoms with Gasteiger partial charge in [-0.05, 0) is 30.4 Å². The van der Waals surface area contributed by atoms with Crippen molar-refractivity contribution >= 4 is 22.1 Å². The van der Waals surface area contributed by atoms with E-state index in [1.54, 1.807) is 3.93 Å². The minimum atomic E-state index is 0.0332. The maximum Gasteiger partial charge on any atom is 0.238 e. The summed E-state index contributed by atoms with van der Waals surface area (Å²) in [5.41, 5.74) is 2.88. The standard InChI is InChI=1S/C13H14BrNO/c1-9-12(16)15(14)13(9)7-6-10-4-2-3-5-11(10)8-13/h2-5,9H,6-8H2,1H3. The van der Waals surface area contributed by atoms with Crippen LogP contribution in [-0.4, -0.2) is 15.4 Å². The lowest BCUT2D eigenvalue weighted by atomic mass is 9.66. The number of β-lactam (4-membered cyclic amide) rings is 1. The second-order valence-electron chi connectivity index (χ2n) is 4.89. The number of aryl methyl sites for hydroxylation is 1. The van der Waals surface area contributed by atoms with Crippen LogP contribution in [0, 0.1) is 5.92 Å². The van der Waals surface area contributed by atoms with Crippen LogP contribution >= 0.6 is 16.1 Å². The predicted molar refractivity (Wildman–Crippen MR) is 66.1 cm³/mol. The summed E-state index contributed by atoms with van der Waals surface area (Å²) in [5.74, 6) is 0.375. The molecule has 0 bridgehead atoms. The lowest BCUT2D eigenvalue weighted by Crippen LogP contribution is -2.67. The van der Waals surface area contributed by atoms with Crippen molar-refractivity contribution in [3.05, 3.63) is 35.4 Å². The maximum atomic E-state index is 11.6. The number of hydrogen-bond acceptors (Lipinski definition) is 1. The van der Waals surface area contributed by atoms with Gasteiger partial charge >= 0.3 is 0 Å². The second-order valence-corrected chi connectivity index (χ2v) is 5.60. The van der Waals surface area contributed by atoms with Crippen molar-refractivity contribution in [2.45, 2.75) is 31.7 Å². The SMILES string of the molecule is CC1C(=O)N(Br)C12CCc1ccccc1C2. The summed E-state index contributed by atoms with van der Waals surface area (Å²) in [6.07, 6.45) is 3.14. The van der Waals surface area contributed by atoms with Crippen molar-refractivity contribution < 1.29 is 4.79 Å². The minimum Gasteiger partial charge on any atom is -0.274 e. The molecule has 0 radical (unpaired) electrons. The molecule has 3 heteroatoms. The van der Waals surface area contributed by atoms with E-state index < -0.39 is 0 Å². The number of carbonyl (C=O) groups excluding carboxylic acids is 1. The number of carbonyl (C=O) groups is 1. The van der Waals surface area contributed by atoms with Gasteiger partial charge in [-0.25, -0.2) is 0 Å². The van der Waals surface area contributed by atoms with Gasteiger partial charge in [0.25, 0.3) is 0 Å². The first-order chi connectivity index (χ1) is 7.65. The zero-order valence-electron chi connectivity index (χ0n) is 9.24. The van der Waals surface area contributed by atoms with Crippen molar-refractivity contribution in [3.8, 4) is 0 Å². The van der Waals surface area contributed by atoms with Crippen LogP contribution in [0.3, 0.4) is 0 Å². The summed E-state index contributed by atoms with van der Waals surface area (Å²) in [6.45, 7) is 2.05. The molecule has 2 atom stereocenters. The van der Waals surface area contributed by atoms with Crippen LogP contribution in [-0.2, 0) is 17.6 Å². The Morgan fingerprint density at radius 1 is 1.38 bits per heavy atom. The van der Waals surface area contributed by atoms with E-state index in [4.69, 9.17) is 0 Å². The molecule has 1 aromatic carbocycles. The fourth-order valence-corrected chi connectivity index (χ4v) is 3.92. The monoisotopic (exact) mass is 279 g/mol. The molecule has 0 N–H and O–H groups in total. The number of rotatable bonds is 0. The Labute approximate surface area is 104 Å². The van der Waals surface area contributed by atoms with Crippen LogP contribution < -0.4 is 0 Å². The Morgan fingerprint density at radius 2 is 2.06 bits per heavy atom. The molecular weight excluding hydrogens is 266 g/mol. The van der Waals surface area contributed by atoms with Gasteiger partial charge in [0.2, 0.25) is 5.91 Å². The van der Waals surface area contributed by atoms with Crippen LogP contribution in [0.2, 0.25) is 0 Å². The summed E-state index contributed by atoms with van der Waals surface area (Å²) in [7, 11) is 0. The van der Waals surface area contributed by atoms with E-state index in [0.29, 0.717) is 0 Å². The summed E-state index contributed by atoms with van der Waals surface area (Å²) < 4.78 is 1.78. The van der Waals surface area contributed by atoms with Crippen molar-refractivity contribution in [3.63, 3.8) is 0 Å². The van der Waals surface area contributed by atoms with Gasteiger partial charge in [0.05, 0.1) is 27.6 Å². The summed E-state index contributed by atoms with van der Waals surface area (Å²) >= 11 is 3.42. The summed E-state index contributed by atoms with van der Waals surface area (Å²) in [4.78, 5) is 11.6. The number of halogens is 1. The number of hydrogen-bond donors (Lipinski definition) is 0. The molecule has 2 aliphatic rings. The molecule has 1 spiro atoms. The van der Waals surface area contributed by atoms with Crippen molar-refractivity contribution in [2.24, 2.45) is 5.92 Å². The molecule has 1 aliphatic carbocycles. The van der Waals surface area contributed by atoms with Gasteiger partial charge in [0, 0.05) is 0 Å². The number of benzene rings is 1. The average Bonchev–Trinajstić information content (AvgIpc) is 2.36. The molecule has 1 aliphatic heterocycles. The fraction of sp³-hybridized carbons (Fsp3) is 0.462. The first kappa shape index (κ1) is 10.3. The fourth-order valence-electron chi connectivity index (χ4n) is 3.00. The third kappa shape index (κ3) is 1.15. The molecule has 0 saturated carbocycles. The predicted octanol–water partition coefficient (Wildman–Crippen LogP) is 2.70. The van der Waals surface area contributed by atoms with Gasteiger partial charge in [-0.15, -0.1) is 0 Å². The van der Waals surface area contributed by atoms with E-state index in [1.165, 1.54) is 11.1 Å². The van der Waals surface area contributed by atoms with E-state index in [2.05, 4.69) is 40.4 Å². The Morgan fingerprint density at radius 3 is 2.75 bits per heavy atom. The van der Waals surface area contributed by atoms with E-state index >= 15 is 0 Å². The average molecular weight is 280 g/mol. The molecule has 1 heterocycles. The highest BCUT2D eigenvalue weighted by Gasteiger charge is 2.57. The van der Waals surface area contributed by atoms with E-state index in [-0.39, 0.29) is 17.4 Å².